The van der Waals surface area contributed by atoms with E-state index in [1.807, 2.05) is 6.92 Å². The Bertz CT molecular complexity index is 180. The smallest absolute Gasteiger partial charge is 0.255 e. The zero-order valence-corrected chi connectivity index (χ0v) is 7.68. The van der Waals surface area contributed by atoms with Crippen molar-refractivity contribution in [2.45, 2.75) is 31.7 Å². The van der Waals surface area contributed by atoms with Crippen molar-refractivity contribution in [3.8, 4) is 0 Å². The van der Waals surface area contributed by atoms with Gasteiger partial charge in [0.2, 0.25) is 0 Å². The fourth-order valence-electron chi connectivity index (χ4n) is 0.801. The van der Waals surface area contributed by atoms with Crippen LogP contribution >= 0.6 is 12.2 Å². The van der Waals surface area contributed by atoms with E-state index >= 15 is 0 Å². The van der Waals surface area contributed by atoms with Crippen molar-refractivity contribution in [2.24, 2.45) is 0 Å². The van der Waals surface area contributed by atoms with Crippen LogP contribution in [0.25, 0.3) is 0 Å². The van der Waals surface area contributed by atoms with Crippen LogP contribution in [0.3, 0.4) is 0 Å². The first-order valence-corrected chi connectivity index (χ1v) is 4.27. The van der Waals surface area contributed by atoms with Crippen LogP contribution in [0.15, 0.2) is 0 Å². The quantitative estimate of drug-likeness (QED) is 0.662. The summed E-state index contributed by atoms with van der Waals surface area (Å²) in [7, 11) is 0. The van der Waals surface area contributed by atoms with Crippen molar-refractivity contribution >= 4 is 17.3 Å². The van der Waals surface area contributed by atoms with Gasteiger partial charge in [-0.3, -0.25) is 0 Å². The molecule has 0 aromatic rings. The van der Waals surface area contributed by atoms with Gasteiger partial charge in [0.15, 0.2) is 5.11 Å². The normalized spacial score (nSPS) is 19.0. The standard InChI is InChI=1S/C7H12F2N2S/c1-7(2-3-7)11-6(12)10-4-5(8)9/h5H,2-4H2,1H3,(H2,10,11,12). The Hall–Kier alpha value is -0.450. The Morgan fingerprint density at radius 1 is 1.58 bits per heavy atom. The lowest BCUT2D eigenvalue weighted by Gasteiger charge is -2.14. The Morgan fingerprint density at radius 2 is 2.17 bits per heavy atom. The molecule has 0 saturated heterocycles. The molecule has 2 nitrogen and oxygen atoms in total. The molecule has 12 heavy (non-hydrogen) atoms. The number of alkyl halides is 2. The summed E-state index contributed by atoms with van der Waals surface area (Å²) in [5.41, 5.74) is 0.0617. The summed E-state index contributed by atoms with van der Waals surface area (Å²) in [6.07, 6.45) is -0.232. The maximum absolute atomic E-state index is 11.7. The molecule has 0 atom stereocenters. The third-order valence-corrected chi connectivity index (χ3v) is 2.08. The van der Waals surface area contributed by atoms with Gasteiger partial charge in [-0.2, -0.15) is 0 Å². The van der Waals surface area contributed by atoms with E-state index in [0.29, 0.717) is 5.11 Å². The maximum Gasteiger partial charge on any atom is 0.255 e. The van der Waals surface area contributed by atoms with Crippen molar-refractivity contribution in [1.82, 2.24) is 10.6 Å². The summed E-state index contributed by atoms with van der Waals surface area (Å²) in [6.45, 7) is 1.64. The summed E-state index contributed by atoms with van der Waals surface area (Å²) in [6, 6.07) is 0. The Morgan fingerprint density at radius 3 is 2.58 bits per heavy atom. The van der Waals surface area contributed by atoms with Crippen molar-refractivity contribution in [1.29, 1.82) is 0 Å². The molecule has 0 aromatic carbocycles. The minimum absolute atomic E-state index is 0.0617. The summed E-state index contributed by atoms with van der Waals surface area (Å²) in [5.74, 6) is 0. The lowest BCUT2D eigenvalue weighted by Crippen LogP contribution is -2.43. The van der Waals surface area contributed by atoms with E-state index in [1.54, 1.807) is 0 Å². The Balaban J connectivity index is 2.12. The molecule has 70 valence electrons. The largest absolute Gasteiger partial charge is 0.358 e. The first-order valence-electron chi connectivity index (χ1n) is 3.86. The molecule has 0 amide bonds. The van der Waals surface area contributed by atoms with Crippen LogP contribution in [0.2, 0.25) is 0 Å². The molecule has 1 aliphatic rings. The predicted molar refractivity (Wildman–Crippen MR) is 47.4 cm³/mol. The highest BCUT2D eigenvalue weighted by atomic mass is 32.1. The van der Waals surface area contributed by atoms with Gasteiger partial charge in [0.25, 0.3) is 6.43 Å². The molecule has 2 N–H and O–H groups in total. The monoisotopic (exact) mass is 194 g/mol. The van der Waals surface area contributed by atoms with Crippen molar-refractivity contribution in [3.63, 3.8) is 0 Å². The van der Waals surface area contributed by atoms with E-state index in [0.717, 1.165) is 12.8 Å². The summed E-state index contributed by atoms with van der Waals surface area (Å²) < 4.78 is 23.4. The number of rotatable bonds is 3. The van der Waals surface area contributed by atoms with Crippen molar-refractivity contribution in [2.75, 3.05) is 6.54 Å². The van der Waals surface area contributed by atoms with E-state index in [9.17, 15) is 8.78 Å². The first kappa shape index (κ1) is 9.64. The average molecular weight is 194 g/mol. The molecule has 0 bridgehead atoms. The minimum atomic E-state index is -2.35. The topological polar surface area (TPSA) is 24.1 Å². The molecule has 0 spiro atoms. The number of nitrogens with one attached hydrogen (secondary N) is 2. The number of hydrogen-bond donors (Lipinski definition) is 2. The molecule has 0 aliphatic heterocycles. The predicted octanol–water partition coefficient (Wildman–Crippen LogP) is 1.27. The summed E-state index contributed by atoms with van der Waals surface area (Å²) >= 11 is 4.80. The van der Waals surface area contributed by atoms with Crippen molar-refractivity contribution in [3.05, 3.63) is 0 Å². The van der Waals surface area contributed by atoms with Gasteiger partial charge in [-0.25, -0.2) is 8.78 Å². The highest BCUT2D eigenvalue weighted by Crippen LogP contribution is 2.33. The molecule has 5 heteroatoms. The molecule has 0 heterocycles. The molecule has 0 unspecified atom stereocenters. The Labute approximate surface area is 75.7 Å². The summed E-state index contributed by atoms with van der Waals surface area (Å²) in [4.78, 5) is 0. The van der Waals surface area contributed by atoms with E-state index in [2.05, 4.69) is 10.6 Å². The lowest BCUT2D eigenvalue weighted by molar-refractivity contribution is 0.152. The van der Waals surface area contributed by atoms with Crippen LogP contribution in [0.1, 0.15) is 19.8 Å². The van der Waals surface area contributed by atoms with Crippen LogP contribution in [-0.4, -0.2) is 23.6 Å². The third kappa shape index (κ3) is 3.30. The van der Waals surface area contributed by atoms with E-state index in [4.69, 9.17) is 12.2 Å². The van der Waals surface area contributed by atoms with Gasteiger partial charge in [-0.1, -0.05) is 0 Å². The highest BCUT2D eigenvalue weighted by Gasteiger charge is 2.37. The van der Waals surface area contributed by atoms with Gasteiger partial charge in [-0.05, 0) is 32.0 Å². The fourth-order valence-corrected chi connectivity index (χ4v) is 1.13. The first-order chi connectivity index (χ1) is 5.52. The maximum atomic E-state index is 11.7. The van der Waals surface area contributed by atoms with E-state index in [-0.39, 0.29) is 12.1 Å². The van der Waals surface area contributed by atoms with Crippen LogP contribution < -0.4 is 10.6 Å². The zero-order chi connectivity index (χ0) is 9.19. The highest BCUT2D eigenvalue weighted by molar-refractivity contribution is 7.80. The van der Waals surface area contributed by atoms with Gasteiger partial charge in [0, 0.05) is 5.54 Å². The van der Waals surface area contributed by atoms with Gasteiger partial charge >= 0.3 is 0 Å². The van der Waals surface area contributed by atoms with Gasteiger partial charge in [-0.15, -0.1) is 0 Å². The van der Waals surface area contributed by atoms with Gasteiger partial charge < -0.3 is 10.6 Å². The van der Waals surface area contributed by atoms with Crippen LogP contribution in [-0.2, 0) is 0 Å². The second kappa shape index (κ2) is 3.51. The molecule has 1 saturated carbocycles. The second-order valence-corrected chi connectivity index (χ2v) is 3.70. The average Bonchev–Trinajstić information content (AvgIpc) is 2.64. The van der Waals surface area contributed by atoms with Gasteiger partial charge in [0.05, 0.1) is 6.54 Å². The molecule has 0 aromatic heterocycles. The third-order valence-electron chi connectivity index (χ3n) is 1.83. The zero-order valence-electron chi connectivity index (χ0n) is 6.86. The number of thiocarbonyl (C=S) groups is 1. The Kier molecular flexibility index (Phi) is 2.82. The molecule has 1 rings (SSSR count). The molecule has 1 aliphatic carbocycles. The lowest BCUT2D eigenvalue weighted by atomic mass is 10.3. The number of halogens is 2. The van der Waals surface area contributed by atoms with E-state index in [1.165, 1.54) is 0 Å². The second-order valence-electron chi connectivity index (χ2n) is 3.29. The molecular formula is C7H12F2N2S. The van der Waals surface area contributed by atoms with Crippen LogP contribution in [0.4, 0.5) is 8.78 Å². The molecule has 0 radical (unpaired) electrons. The van der Waals surface area contributed by atoms with E-state index < -0.39 is 6.43 Å². The minimum Gasteiger partial charge on any atom is -0.358 e. The van der Waals surface area contributed by atoms with Crippen LogP contribution in [0.5, 0.6) is 0 Å². The SMILES string of the molecule is CC1(NC(=S)NCC(F)F)CC1. The van der Waals surface area contributed by atoms with Crippen LogP contribution in [0, 0.1) is 0 Å². The summed E-state index contributed by atoms with van der Waals surface area (Å²) in [5, 5.41) is 5.75. The molecule has 1 fully saturated rings. The number of hydrogen-bond acceptors (Lipinski definition) is 1. The van der Waals surface area contributed by atoms with Gasteiger partial charge in [0.1, 0.15) is 0 Å². The molecular weight excluding hydrogens is 182 g/mol. The van der Waals surface area contributed by atoms with Crippen molar-refractivity contribution < 1.29 is 8.78 Å². The fraction of sp³-hybridized carbons (Fsp3) is 0.857.